The van der Waals surface area contributed by atoms with E-state index in [0.717, 1.165) is 25.7 Å². The van der Waals surface area contributed by atoms with Gasteiger partial charge in [-0.15, -0.1) is 0 Å². The maximum atomic E-state index is 11.8. The highest BCUT2D eigenvalue weighted by Gasteiger charge is 2.30. The molecule has 0 spiro atoms. The lowest BCUT2D eigenvalue weighted by molar-refractivity contribution is -0.321. The van der Waals surface area contributed by atoms with E-state index in [1.807, 2.05) is 0 Å². The van der Waals surface area contributed by atoms with Crippen molar-refractivity contribution in [2.75, 3.05) is 0 Å². The van der Waals surface area contributed by atoms with Crippen molar-refractivity contribution in [3.63, 3.8) is 0 Å². The van der Waals surface area contributed by atoms with Gasteiger partial charge in [-0.05, 0) is 43.9 Å². The fourth-order valence-corrected chi connectivity index (χ4v) is 2.95. The van der Waals surface area contributed by atoms with Crippen LogP contribution >= 0.6 is 0 Å². The molecule has 0 unspecified atom stereocenters. The zero-order valence-corrected chi connectivity index (χ0v) is 14.7. The summed E-state index contributed by atoms with van der Waals surface area (Å²) >= 11 is 0. The molecule has 0 aliphatic heterocycles. The Morgan fingerprint density at radius 3 is 1.55 bits per heavy atom. The van der Waals surface area contributed by atoms with Gasteiger partial charge in [0.15, 0.2) is 0 Å². The van der Waals surface area contributed by atoms with Crippen LogP contribution in [0, 0.1) is 17.3 Å². The lowest BCUT2D eigenvalue weighted by Crippen LogP contribution is -2.43. The molecule has 0 aromatic heterocycles. The molecule has 4 nitrogen and oxygen atoms in total. The summed E-state index contributed by atoms with van der Waals surface area (Å²) in [4.78, 5) is 22.4. The van der Waals surface area contributed by atoms with Gasteiger partial charge in [-0.3, -0.25) is 0 Å². The molecule has 0 aromatic rings. The number of hydrogen-bond acceptors (Lipinski definition) is 4. The van der Waals surface area contributed by atoms with Gasteiger partial charge in [0.1, 0.15) is 0 Å². The van der Waals surface area contributed by atoms with Crippen molar-refractivity contribution in [2.45, 2.75) is 85.5 Å². The Labute approximate surface area is 135 Å². The minimum absolute atomic E-state index is 0.0800. The second kappa shape index (κ2) is 10.6. The molecule has 0 fully saturated rings. The molecule has 0 saturated carbocycles. The molecule has 130 valence electrons. The zero-order valence-electron chi connectivity index (χ0n) is 14.7. The third-order valence-electron chi connectivity index (χ3n) is 4.34. The first-order chi connectivity index (χ1) is 10.2. The molecular formula is C18H32O4-2. The minimum atomic E-state index is -1.11. The van der Waals surface area contributed by atoms with Crippen molar-refractivity contribution in [3.8, 4) is 0 Å². The monoisotopic (exact) mass is 312 g/mol. The summed E-state index contributed by atoms with van der Waals surface area (Å²) in [5.41, 5.74) is -0.876. The molecule has 0 aliphatic rings. The van der Waals surface area contributed by atoms with Crippen molar-refractivity contribution in [3.05, 3.63) is 0 Å². The summed E-state index contributed by atoms with van der Waals surface area (Å²) in [7, 11) is 0. The molecule has 0 rings (SSSR count). The summed E-state index contributed by atoms with van der Waals surface area (Å²) in [6, 6.07) is 0. The third-order valence-corrected chi connectivity index (χ3v) is 4.34. The fourth-order valence-electron chi connectivity index (χ4n) is 2.95. The van der Waals surface area contributed by atoms with Gasteiger partial charge in [-0.1, -0.05) is 53.4 Å². The number of aliphatic carboxylic acids is 2. The average molecular weight is 312 g/mol. The van der Waals surface area contributed by atoms with Crippen LogP contribution in [0.3, 0.4) is 0 Å². The smallest absolute Gasteiger partial charge is 0.0476 e. The van der Waals surface area contributed by atoms with Crippen LogP contribution in [0.5, 0.6) is 0 Å². The highest BCUT2D eigenvalue weighted by Crippen LogP contribution is 2.37. The largest absolute Gasteiger partial charge is 0.550 e. The number of hydrogen-bond donors (Lipinski definition) is 0. The van der Waals surface area contributed by atoms with Gasteiger partial charge in [0.05, 0.1) is 0 Å². The van der Waals surface area contributed by atoms with Crippen molar-refractivity contribution in [1.82, 2.24) is 0 Å². The topological polar surface area (TPSA) is 80.3 Å². The van der Waals surface area contributed by atoms with Crippen LogP contribution in [0.15, 0.2) is 0 Å². The van der Waals surface area contributed by atoms with E-state index >= 15 is 0 Å². The maximum absolute atomic E-state index is 11.8. The molecule has 22 heavy (non-hydrogen) atoms. The first-order valence-electron chi connectivity index (χ1n) is 8.61. The Hall–Kier alpha value is -1.06. The molecule has 0 aromatic carbocycles. The fraction of sp³-hybridized carbons (Fsp3) is 0.889. The number of carbonyl (C=O) groups is 2. The van der Waals surface area contributed by atoms with E-state index < -0.39 is 17.4 Å². The number of carbonyl (C=O) groups excluding carboxylic acids is 2. The normalized spacial score (nSPS) is 12.1. The highest BCUT2D eigenvalue weighted by molar-refractivity contribution is 5.72. The minimum Gasteiger partial charge on any atom is -0.550 e. The van der Waals surface area contributed by atoms with Gasteiger partial charge < -0.3 is 19.8 Å². The first-order valence-corrected chi connectivity index (χ1v) is 8.61. The van der Waals surface area contributed by atoms with Gasteiger partial charge in [-0.2, -0.15) is 0 Å². The van der Waals surface area contributed by atoms with Crippen LogP contribution in [-0.2, 0) is 9.59 Å². The number of carboxylic acid groups (broad SMARTS) is 2. The third kappa shape index (κ3) is 9.06. The summed E-state index contributed by atoms with van der Waals surface area (Å²) in [6.07, 6.45) is 5.47. The Balaban J connectivity index is 4.75. The summed E-state index contributed by atoms with van der Waals surface area (Å²) in [6.45, 7) is 8.48. The molecule has 0 heterocycles. The lowest BCUT2D eigenvalue weighted by atomic mass is 9.73. The van der Waals surface area contributed by atoms with E-state index in [1.54, 1.807) is 0 Å². The van der Waals surface area contributed by atoms with Gasteiger partial charge >= 0.3 is 0 Å². The van der Waals surface area contributed by atoms with Crippen LogP contribution < -0.4 is 10.2 Å². The number of carboxylic acids is 2. The van der Waals surface area contributed by atoms with Gasteiger partial charge in [0.25, 0.3) is 0 Å². The van der Waals surface area contributed by atoms with Crippen LogP contribution in [0.4, 0.5) is 0 Å². The van der Waals surface area contributed by atoms with E-state index in [1.165, 1.54) is 0 Å². The first kappa shape index (κ1) is 20.9. The Morgan fingerprint density at radius 1 is 0.818 bits per heavy atom. The van der Waals surface area contributed by atoms with Crippen molar-refractivity contribution in [1.29, 1.82) is 0 Å². The van der Waals surface area contributed by atoms with Gasteiger partial charge in [-0.25, -0.2) is 0 Å². The standard InChI is InChI=1S/C18H34O4/c1-14(2)8-5-11-18(17(21)22,12-6-9-15(3)4)13-7-10-16(19)20/h14-15H,5-13H2,1-4H3,(H,19,20)(H,21,22)/p-2. The average Bonchev–Trinajstić information content (AvgIpc) is 2.36. The van der Waals surface area contributed by atoms with Crippen LogP contribution in [0.2, 0.25) is 0 Å². The van der Waals surface area contributed by atoms with E-state index in [9.17, 15) is 19.8 Å². The second-order valence-corrected chi connectivity index (χ2v) is 7.37. The van der Waals surface area contributed by atoms with Gasteiger partial charge in [0, 0.05) is 17.4 Å². The molecule has 0 saturated heterocycles. The Bertz CT molecular complexity index is 320. The maximum Gasteiger partial charge on any atom is 0.0476 e. The lowest BCUT2D eigenvalue weighted by Gasteiger charge is -2.36. The molecule has 0 atom stereocenters. The molecular weight excluding hydrogens is 280 g/mol. The van der Waals surface area contributed by atoms with Crippen LogP contribution in [0.25, 0.3) is 0 Å². The Kier molecular flexibility index (Phi) is 10.1. The predicted octanol–water partition coefficient (Wildman–Crippen LogP) is 2.30. The molecule has 0 amide bonds. The van der Waals surface area contributed by atoms with Crippen LogP contribution in [-0.4, -0.2) is 11.9 Å². The van der Waals surface area contributed by atoms with E-state index in [4.69, 9.17) is 0 Å². The van der Waals surface area contributed by atoms with Gasteiger partial charge in [0.2, 0.25) is 0 Å². The molecule has 0 N–H and O–H groups in total. The van der Waals surface area contributed by atoms with Crippen molar-refractivity contribution in [2.24, 2.45) is 17.3 Å². The van der Waals surface area contributed by atoms with E-state index in [2.05, 4.69) is 27.7 Å². The SMILES string of the molecule is CC(C)CCCC(CCCC(=O)[O-])(CCCC(C)C)C(=O)[O-]. The zero-order chi connectivity index (χ0) is 17.2. The Morgan fingerprint density at radius 2 is 1.23 bits per heavy atom. The molecule has 0 aliphatic carbocycles. The molecule has 4 heteroatoms. The highest BCUT2D eigenvalue weighted by atomic mass is 16.4. The van der Waals surface area contributed by atoms with Crippen molar-refractivity contribution < 1.29 is 19.8 Å². The quantitative estimate of drug-likeness (QED) is 0.522. The second-order valence-electron chi connectivity index (χ2n) is 7.37. The molecule has 0 bridgehead atoms. The van der Waals surface area contributed by atoms with Crippen LogP contribution in [0.1, 0.15) is 85.5 Å². The summed E-state index contributed by atoms with van der Waals surface area (Å²) in [5.74, 6) is -1.05. The predicted molar refractivity (Wildman–Crippen MR) is 83.7 cm³/mol. The van der Waals surface area contributed by atoms with Crippen molar-refractivity contribution >= 4 is 11.9 Å². The molecule has 0 radical (unpaired) electrons. The van der Waals surface area contributed by atoms with E-state index in [0.29, 0.717) is 37.5 Å². The number of rotatable bonds is 13. The van der Waals surface area contributed by atoms with E-state index in [-0.39, 0.29) is 6.42 Å². The summed E-state index contributed by atoms with van der Waals surface area (Å²) < 4.78 is 0. The summed E-state index contributed by atoms with van der Waals surface area (Å²) in [5, 5.41) is 22.4.